The molecular weight excluding hydrogens is 144 g/mol. The molecule has 2 heterocycles. The largest absolute Gasteiger partial charge is 0.366 e. The predicted octanol–water partition coefficient (Wildman–Crippen LogP) is -1.74. The normalized spacial score (nSPS) is 18.2. The summed E-state index contributed by atoms with van der Waals surface area (Å²) in [6, 6.07) is 0. The van der Waals surface area contributed by atoms with Gasteiger partial charge in [-0.3, -0.25) is 0 Å². The van der Waals surface area contributed by atoms with Crippen molar-refractivity contribution in [2.75, 3.05) is 24.7 Å². The zero-order valence-electron chi connectivity index (χ0n) is 5.99. The maximum absolute atomic E-state index is 5.55. The number of nitrogens with zero attached hydrogens (tertiary/aromatic N) is 3. The predicted molar refractivity (Wildman–Crippen MR) is 40.2 cm³/mol. The standard InChI is InChI=1S/C5H10N6/c6-5-10-9-4(11(5)7)3-1-8-2-3/h3,8H,1-2,7H2,(H2,6,10). The minimum absolute atomic E-state index is 0.270. The molecule has 60 valence electrons. The quantitative estimate of drug-likeness (QED) is 0.417. The molecule has 5 N–H and O–H groups in total. The van der Waals surface area contributed by atoms with Crippen molar-refractivity contribution in [1.29, 1.82) is 0 Å². The van der Waals surface area contributed by atoms with E-state index in [0.717, 1.165) is 18.9 Å². The Hall–Kier alpha value is -1.30. The molecule has 0 bridgehead atoms. The van der Waals surface area contributed by atoms with Gasteiger partial charge in [0.15, 0.2) is 5.82 Å². The summed E-state index contributed by atoms with van der Waals surface area (Å²) in [4.78, 5) is 0. The van der Waals surface area contributed by atoms with E-state index >= 15 is 0 Å². The molecule has 0 aromatic carbocycles. The first-order chi connectivity index (χ1) is 5.29. The molecule has 0 spiro atoms. The number of rotatable bonds is 1. The highest BCUT2D eigenvalue weighted by Gasteiger charge is 2.24. The summed E-state index contributed by atoms with van der Waals surface area (Å²) < 4.78 is 1.34. The highest BCUT2D eigenvalue weighted by atomic mass is 15.4. The molecule has 1 saturated heterocycles. The molecule has 0 unspecified atom stereocenters. The Morgan fingerprint density at radius 3 is 2.55 bits per heavy atom. The summed E-state index contributed by atoms with van der Waals surface area (Å²) in [5.41, 5.74) is 5.40. The Morgan fingerprint density at radius 1 is 1.45 bits per heavy atom. The van der Waals surface area contributed by atoms with E-state index in [-0.39, 0.29) is 5.95 Å². The fraction of sp³-hybridized carbons (Fsp3) is 0.600. The monoisotopic (exact) mass is 154 g/mol. The second kappa shape index (κ2) is 2.09. The number of hydrogen-bond acceptors (Lipinski definition) is 5. The molecule has 0 amide bonds. The van der Waals surface area contributed by atoms with E-state index in [9.17, 15) is 0 Å². The lowest BCUT2D eigenvalue weighted by atomic mass is 10.0. The first-order valence-corrected chi connectivity index (χ1v) is 3.45. The average molecular weight is 154 g/mol. The number of nitrogens with one attached hydrogen (secondary N) is 1. The maximum atomic E-state index is 5.55. The average Bonchev–Trinajstić information content (AvgIpc) is 2.15. The fourth-order valence-corrected chi connectivity index (χ4v) is 1.07. The molecule has 0 atom stereocenters. The number of hydrogen-bond donors (Lipinski definition) is 3. The number of aromatic nitrogens is 3. The van der Waals surface area contributed by atoms with E-state index in [1.807, 2.05) is 0 Å². The molecular formula is C5H10N6. The summed E-state index contributed by atoms with van der Waals surface area (Å²) in [7, 11) is 0. The van der Waals surface area contributed by atoms with E-state index in [2.05, 4.69) is 15.5 Å². The maximum Gasteiger partial charge on any atom is 0.240 e. The Labute approximate surface area is 63.5 Å². The van der Waals surface area contributed by atoms with Gasteiger partial charge in [0.25, 0.3) is 0 Å². The van der Waals surface area contributed by atoms with Crippen LogP contribution in [-0.4, -0.2) is 28.0 Å². The molecule has 0 radical (unpaired) electrons. The highest BCUT2D eigenvalue weighted by Crippen LogP contribution is 2.16. The van der Waals surface area contributed by atoms with Crippen LogP contribution in [0.5, 0.6) is 0 Å². The van der Waals surface area contributed by atoms with Gasteiger partial charge in [-0.2, -0.15) is 0 Å². The molecule has 1 aliphatic rings. The summed E-state index contributed by atoms with van der Waals surface area (Å²) >= 11 is 0. The molecule has 1 aromatic rings. The van der Waals surface area contributed by atoms with Gasteiger partial charge in [0.05, 0.1) is 0 Å². The lowest BCUT2D eigenvalue weighted by molar-refractivity contribution is 0.423. The van der Waals surface area contributed by atoms with Crippen LogP contribution in [0, 0.1) is 0 Å². The Bertz CT molecular complexity index is 262. The van der Waals surface area contributed by atoms with Crippen molar-refractivity contribution in [3.8, 4) is 0 Å². The van der Waals surface area contributed by atoms with Crippen molar-refractivity contribution >= 4 is 5.95 Å². The zero-order valence-corrected chi connectivity index (χ0v) is 5.99. The van der Waals surface area contributed by atoms with Crippen LogP contribution in [0.3, 0.4) is 0 Å². The molecule has 6 nitrogen and oxygen atoms in total. The second-order valence-corrected chi connectivity index (χ2v) is 2.64. The molecule has 1 aromatic heterocycles. The summed E-state index contributed by atoms with van der Waals surface area (Å²) in [6.07, 6.45) is 0. The van der Waals surface area contributed by atoms with Crippen LogP contribution in [0.1, 0.15) is 11.7 Å². The van der Waals surface area contributed by atoms with E-state index in [1.165, 1.54) is 4.68 Å². The van der Waals surface area contributed by atoms with Gasteiger partial charge in [-0.25, -0.2) is 4.68 Å². The van der Waals surface area contributed by atoms with E-state index in [1.54, 1.807) is 0 Å². The van der Waals surface area contributed by atoms with Gasteiger partial charge in [-0.05, 0) is 0 Å². The molecule has 0 aliphatic carbocycles. The van der Waals surface area contributed by atoms with Crippen LogP contribution in [0.2, 0.25) is 0 Å². The zero-order chi connectivity index (χ0) is 7.84. The molecule has 2 rings (SSSR count). The lowest BCUT2D eigenvalue weighted by Gasteiger charge is -2.25. The van der Waals surface area contributed by atoms with Crippen molar-refractivity contribution in [3.63, 3.8) is 0 Å². The van der Waals surface area contributed by atoms with Crippen molar-refractivity contribution in [2.45, 2.75) is 5.92 Å². The van der Waals surface area contributed by atoms with Gasteiger partial charge < -0.3 is 16.9 Å². The van der Waals surface area contributed by atoms with Crippen LogP contribution < -0.4 is 16.9 Å². The molecule has 1 fully saturated rings. The van der Waals surface area contributed by atoms with Crippen LogP contribution in [0.25, 0.3) is 0 Å². The fourth-order valence-electron chi connectivity index (χ4n) is 1.07. The molecule has 0 saturated carbocycles. The van der Waals surface area contributed by atoms with Gasteiger partial charge in [-0.15, -0.1) is 10.2 Å². The van der Waals surface area contributed by atoms with E-state index in [4.69, 9.17) is 11.6 Å². The van der Waals surface area contributed by atoms with Crippen molar-refractivity contribution < 1.29 is 0 Å². The van der Waals surface area contributed by atoms with Gasteiger partial charge in [-0.1, -0.05) is 0 Å². The first-order valence-electron chi connectivity index (χ1n) is 3.45. The smallest absolute Gasteiger partial charge is 0.240 e. The van der Waals surface area contributed by atoms with Crippen LogP contribution in [0.15, 0.2) is 0 Å². The second-order valence-electron chi connectivity index (χ2n) is 2.64. The third kappa shape index (κ3) is 0.829. The minimum Gasteiger partial charge on any atom is -0.366 e. The number of nitrogen functional groups attached to an aromatic ring is 2. The minimum atomic E-state index is 0.270. The van der Waals surface area contributed by atoms with Crippen molar-refractivity contribution in [2.24, 2.45) is 0 Å². The third-order valence-electron chi connectivity index (χ3n) is 1.90. The van der Waals surface area contributed by atoms with E-state index < -0.39 is 0 Å². The summed E-state index contributed by atoms with van der Waals surface area (Å²) in [5.74, 6) is 6.97. The third-order valence-corrected chi connectivity index (χ3v) is 1.90. The van der Waals surface area contributed by atoms with Gasteiger partial charge in [0, 0.05) is 19.0 Å². The molecule has 11 heavy (non-hydrogen) atoms. The van der Waals surface area contributed by atoms with Crippen molar-refractivity contribution in [1.82, 2.24) is 20.2 Å². The van der Waals surface area contributed by atoms with Gasteiger partial charge in [0.1, 0.15) is 0 Å². The van der Waals surface area contributed by atoms with Crippen LogP contribution >= 0.6 is 0 Å². The Kier molecular flexibility index (Phi) is 1.22. The Balaban J connectivity index is 2.29. The number of nitrogens with two attached hydrogens (primary N) is 2. The van der Waals surface area contributed by atoms with Gasteiger partial charge >= 0.3 is 0 Å². The first kappa shape index (κ1) is 6.41. The lowest BCUT2D eigenvalue weighted by Crippen LogP contribution is -2.42. The van der Waals surface area contributed by atoms with Crippen LogP contribution in [0.4, 0.5) is 5.95 Å². The Morgan fingerprint density at radius 2 is 2.18 bits per heavy atom. The molecule has 6 heteroatoms. The van der Waals surface area contributed by atoms with Crippen molar-refractivity contribution in [3.05, 3.63) is 5.82 Å². The summed E-state index contributed by atoms with van der Waals surface area (Å²) in [5, 5.41) is 10.6. The van der Waals surface area contributed by atoms with Gasteiger partial charge in [0.2, 0.25) is 5.95 Å². The highest BCUT2D eigenvalue weighted by molar-refractivity contribution is 5.20. The molecule has 1 aliphatic heterocycles. The summed E-state index contributed by atoms with van der Waals surface area (Å²) in [6.45, 7) is 1.82. The number of anilines is 1. The SMILES string of the molecule is Nc1nnc(C2CNC2)n1N. The van der Waals surface area contributed by atoms with Crippen LogP contribution in [-0.2, 0) is 0 Å². The topological polar surface area (TPSA) is 94.8 Å². The van der Waals surface area contributed by atoms with E-state index in [0.29, 0.717) is 5.92 Å².